The van der Waals surface area contributed by atoms with Gasteiger partial charge in [-0.05, 0) is 26.0 Å². The summed E-state index contributed by atoms with van der Waals surface area (Å²) in [6.45, 7) is 3.67. The first-order valence-electron chi connectivity index (χ1n) is 3.67. The van der Waals surface area contributed by atoms with Crippen LogP contribution >= 0.6 is 11.8 Å². The van der Waals surface area contributed by atoms with Gasteiger partial charge >= 0.3 is 0 Å². The molecule has 10 heavy (non-hydrogen) atoms. The van der Waals surface area contributed by atoms with Gasteiger partial charge < -0.3 is 10.5 Å². The molecule has 0 saturated carbocycles. The van der Waals surface area contributed by atoms with Crippen molar-refractivity contribution in [1.29, 1.82) is 0 Å². The molecule has 0 radical (unpaired) electrons. The van der Waals surface area contributed by atoms with Crippen molar-refractivity contribution in [2.24, 2.45) is 5.73 Å². The zero-order chi connectivity index (χ0) is 7.82. The van der Waals surface area contributed by atoms with E-state index in [2.05, 4.69) is 0 Å². The highest BCUT2D eigenvalue weighted by Crippen LogP contribution is 2.05. The van der Waals surface area contributed by atoms with Gasteiger partial charge in [-0.15, -0.1) is 11.8 Å². The highest BCUT2D eigenvalue weighted by Gasteiger charge is 1.97. The summed E-state index contributed by atoms with van der Waals surface area (Å²) < 4.78 is 5.16. The van der Waals surface area contributed by atoms with Crippen molar-refractivity contribution in [2.45, 2.75) is 25.1 Å². The zero-order valence-corrected chi connectivity index (χ0v) is 7.62. The third-order valence-electron chi connectivity index (χ3n) is 1.28. The highest BCUT2D eigenvalue weighted by molar-refractivity contribution is 7.99. The first kappa shape index (κ1) is 10.3. The Balaban J connectivity index is 2.89. The predicted molar refractivity (Wildman–Crippen MR) is 47.2 cm³/mol. The van der Waals surface area contributed by atoms with Gasteiger partial charge in [0.05, 0.1) is 5.37 Å². The van der Waals surface area contributed by atoms with Crippen LogP contribution in [0.2, 0.25) is 0 Å². The number of hydrogen-bond donors (Lipinski definition) is 1. The average Bonchev–Trinajstić information content (AvgIpc) is 1.98. The quantitative estimate of drug-likeness (QED) is 0.475. The maximum Gasteiger partial charge on any atom is 0.0505 e. The molecule has 3 heteroatoms. The fraction of sp³-hybridized carbons (Fsp3) is 1.00. The zero-order valence-electron chi connectivity index (χ0n) is 6.80. The van der Waals surface area contributed by atoms with Crippen LogP contribution in [0.25, 0.3) is 0 Å². The van der Waals surface area contributed by atoms with Crippen molar-refractivity contribution in [3.05, 3.63) is 0 Å². The standard InChI is InChI=1S/C7H17NOS/c1-3-9-6-4-5-7(8)10-2/h7H,3-6,8H2,1-2H3. The number of hydrogen-bond acceptors (Lipinski definition) is 3. The van der Waals surface area contributed by atoms with Crippen molar-refractivity contribution in [2.75, 3.05) is 19.5 Å². The van der Waals surface area contributed by atoms with Crippen molar-refractivity contribution in [3.8, 4) is 0 Å². The van der Waals surface area contributed by atoms with Gasteiger partial charge in [0.25, 0.3) is 0 Å². The predicted octanol–water partition coefficient (Wildman–Crippen LogP) is 1.45. The molecule has 0 rings (SSSR count). The molecule has 0 bridgehead atoms. The van der Waals surface area contributed by atoms with Gasteiger partial charge in [0.2, 0.25) is 0 Å². The fourth-order valence-corrected chi connectivity index (χ4v) is 1.05. The molecule has 0 aliphatic rings. The Morgan fingerprint density at radius 2 is 2.30 bits per heavy atom. The van der Waals surface area contributed by atoms with E-state index in [1.807, 2.05) is 13.2 Å². The number of nitrogens with two attached hydrogens (primary N) is 1. The first-order valence-corrected chi connectivity index (χ1v) is 4.96. The van der Waals surface area contributed by atoms with Gasteiger partial charge in [-0.2, -0.15) is 0 Å². The summed E-state index contributed by atoms with van der Waals surface area (Å²) in [4.78, 5) is 0. The maximum absolute atomic E-state index is 5.66. The summed E-state index contributed by atoms with van der Waals surface area (Å²) in [7, 11) is 0. The van der Waals surface area contributed by atoms with Crippen LogP contribution in [0.4, 0.5) is 0 Å². The number of ether oxygens (including phenoxy) is 1. The van der Waals surface area contributed by atoms with Crippen LogP contribution in [-0.4, -0.2) is 24.8 Å². The summed E-state index contributed by atoms with van der Waals surface area (Å²) in [5.41, 5.74) is 5.66. The Hall–Kier alpha value is 0.270. The van der Waals surface area contributed by atoms with Crippen LogP contribution in [0.1, 0.15) is 19.8 Å². The minimum Gasteiger partial charge on any atom is -0.382 e. The van der Waals surface area contributed by atoms with E-state index in [0.717, 1.165) is 26.1 Å². The average molecular weight is 163 g/mol. The van der Waals surface area contributed by atoms with Crippen LogP contribution in [0.15, 0.2) is 0 Å². The van der Waals surface area contributed by atoms with E-state index < -0.39 is 0 Å². The third-order valence-corrected chi connectivity index (χ3v) is 2.13. The van der Waals surface area contributed by atoms with E-state index in [-0.39, 0.29) is 0 Å². The SMILES string of the molecule is CCOCCCC(N)SC. The molecular weight excluding hydrogens is 146 g/mol. The molecule has 1 atom stereocenters. The van der Waals surface area contributed by atoms with Gasteiger partial charge in [-0.25, -0.2) is 0 Å². The Bertz CT molecular complexity index is 70.6. The Kier molecular flexibility index (Phi) is 7.58. The molecule has 0 aromatic rings. The van der Waals surface area contributed by atoms with Crippen molar-refractivity contribution >= 4 is 11.8 Å². The summed E-state index contributed by atoms with van der Waals surface area (Å²) in [5, 5.41) is 0.292. The van der Waals surface area contributed by atoms with Crippen molar-refractivity contribution < 1.29 is 4.74 Å². The summed E-state index contributed by atoms with van der Waals surface area (Å²) in [5.74, 6) is 0. The largest absolute Gasteiger partial charge is 0.382 e. The molecule has 0 heterocycles. The molecular formula is C7H17NOS. The van der Waals surface area contributed by atoms with E-state index >= 15 is 0 Å². The molecule has 0 aliphatic heterocycles. The molecule has 2 N–H and O–H groups in total. The van der Waals surface area contributed by atoms with Crippen LogP contribution in [0, 0.1) is 0 Å². The van der Waals surface area contributed by atoms with Crippen LogP contribution in [0.5, 0.6) is 0 Å². The van der Waals surface area contributed by atoms with Crippen LogP contribution in [-0.2, 0) is 4.74 Å². The van der Waals surface area contributed by atoms with Crippen LogP contribution < -0.4 is 5.73 Å². The van der Waals surface area contributed by atoms with E-state index in [1.165, 1.54) is 0 Å². The van der Waals surface area contributed by atoms with Gasteiger partial charge in [0.1, 0.15) is 0 Å². The Labute approximate surface area is 67.5 Å². The third kappa shape index (κ3) is 6.39. The Morgan fingerprint density at radius 1 is 1.60 bits per heavy atom. The van der Waals surface area contributed by atoms with E-state index in [9.17, 15) is 0 Å². The summed E-state index contributed by atoms with van der Waals surface area (Å²) in [6, 6.07) is 0. The minimum absolute atomic E-state index is 0.292. The van der Waals surface area contributed by atoms with E-state index in [4.69, 9.17) is 10.5 Å². The molecule has 0 amide bonds. The molecule has 0 aromatic carbocycles. The first-order chi connectivity index (χ1) is 4.81. The van der Waals surface area contributed by atoms with Gasteiger partial charge in [-0.3, -0.25) is 0 Å². The van der Waals surface area contributed by atoms with E-state index in [1.54, 1.807) is 11.8 Å². The molecule has 2 nitrogen and oxygen atoms in total. The summed E-state index contributed by atoms with van der Waals surface area (Å²) in [6.07, 6.45) is 4.17. The molecule has 0 aromatic heterocycles. The second-order valence-electron chi connectivity index (χ2n) is 2.11. The Morgan fingerprint density at radius 3 is 2.80 bits per heavy atom. The second kappa shape index (κ2) is 7.38. The van der Waals surface area contributed by atoms with Crippen molar-refractivity contribution in [3.63, 3.8) is 0 Å². The number of rotatable bonds is 6. The number of thioether (sulfide) groups is 1. The lowest BCUT2D eigenvalue weighted by atomic mass is 10.3. The molecule has 0 saturated heterocycles. The highest BCUT2D eigenvalue weighted by atomic mass is 32.2. The molecule has 0 fully saturated rings. The fourth-order valence-electron chi connectivity index (χ4n) is 0.649. The second-order valence-corrected chi connectivity index (χ2v) is 3.19. The minimum atomic E-state index is 0.292. The topological polar surface area (TPSA) is 35.2 Å². The molecule has 0 spiro atoms. The van der Waals surface area contributed by atoms with Gasteiger partial charge in [0, 0.05) is 13.2 Å². The van der Waals surface area contributed by atoms with Crippen LogP contribution in [0.3, 0.4) is 0 Å². The smallest absolute Gasteiger partial charge is 0.0505 e. The van der Waals surface area contributed by atoms with Crippen molar-refractivity contribution in [1.82, 2.24) is 0 Å². The lowest BCUT2D eigenvalue weighted by Gasteiger charge is -2.06. The van der Waals surface area contributed by atoms with E-state index in [0.29, 0.717) is 5.37 Å². The maximum atomic E-state index is 5.66. The van der Waals surface area contributed by atoms with Gasteiger partial charge in [0.15, 0.2) is 0 Å². The molecule has 0 aliphatic carbocycles. The normalized spacial score (nSPS) is 13.5. The summed E-state index contributed by atoms with van der Waals surface area (Å²) >= 11 is 1.71. The monoisotopic (exact) mass is 163 g/mol. The molecule has 1 unspecified atom stereocenters. The van der Waals surface area contributed by atoms with Gasteiger partial charge in [-0.1, -0.05) is 0 Å². The molecule has 62 valence electrons. The lowest BCUT2D eigenvalue weighted by molar-refractivity contribution is 0.143. The lowest BCUT2D eigenvalue weighted by Crippen LogP contribution is -2.15.